The quantitative estimate of drug-likeness (QED) is 0.672. The van der Waals surface area contributed by atoms with Crippen molar-refractivity contribution in [1.82, 2.24) is 0 Å². The summed E-state index contributed by atoms with van der Waals surface area (Å²) in [4.78, 5) is 10.2. The molecule has 0 saturated heterocycles. The van der Waals surface area contributed by atoms with Gasteiger partial charge in [-0.3, -0.25) is 10.1 Å². The molecule has 1 N–H and O–H groups in total. The van der Waals surface area contributed by atoms with E-state index in [2.05, 4.69) is 33.0 Å². The Morgan fingerprint density at radius 3 is 2.40 bits per heavy atom. The van der Waals surface area contributed by atoms with Gasteiger partial charge in [-0.2, -0.15) is 5.26 Å². The van der Waals surface area contributed by atoms with Gasteiger partial charge in [-0.1, -0.05) is 27.7 Å². The lowest BCUT2D eigenvalue weighted by molar-refractivity contribution is -0.384. The zero-order valence-corrected chi connectivity index (χ0v) is 12.2. The number of nitro groups is 1. The number of non-ortho nitro benzene ring substituents is 1. The highest BCUT2D eigenvalue weighted by atomic mass is 16.6. The topological polar surface area (TPSA) is 79.0 Å². The van der Waals surface area contributed by atoms with Crippen LogP contribution in [0.4, 0.5) is 11.4 Å². The molecule has 0 bridgehead atoms. The summed E-state index contributed by atoms with van der Waals surface area (Å²) >= 11 is 0. The predicted octanol–water partition coefficient (Wildman–Crippen LogP) is 3.56. The van der Waals surface area contributed by atoms with E-state index in [-0.39, 0.29) is 16.5 Å². The third-order valence-electron chi connectivity index (χ3n) is 5.15. The molecule has 1 aromatic rings. The second-order valence-corrected chi connectivity index (χ2v) is 6.48. The van der Waals surface area contributed by atoms with Gasteiger partial charge in [-0.25, -0.2) is 0 Å². The monoisotopic (exact) mass is 273 g/mol. The number of benzene rings is 1. The number of hydrogen-bond donors (Lipinski definition) is 1. The molecule has 1 fully saturated rings. The summed E-state index contributed by atoms with van der Waals surface area (Å²) < 4.78 is 0. The number of rotatable bonds is 4. The summed E-state index contributed by atoms with van der Waals surface area (Å²) in [6.45, 7) is 9.72. The lowest BCUT2D eigenvalue weighted by atomic mass is 10.0. The smallest absolute Gasteiger partial charge is 0.270 e. The fourth-order valence-corrected chi connectivity index (χ4v) is 2.95. The molecule has 0 heterocycles. The Bertz CT molecular complexity index is 586. The standard InChI is InChI=1S/C15H19N3O2/c1-14(2)13(15(14,3)4)9-17-12-6-5-11(18(19)20)7-10(12)8-16/h5-7,13,17H,9H2,1-4H3. The number of hydrogen-bond acceptors (Lipinski definition) is 4. The van der Waals surface area contributed by atoms with Crippen molar-refractivity contribution in [2.45, 2.75) is 27.7 Å². The molecule has 1 aliphatic rings. The summed E-state index contributed by atoms with van der Waals surface area (Å²) in [6.07, 6.45) is 0. The van der Waals surface area contributed by atoms with Gasteiger partial charge in [0.05, 0.1) is 16.2 Å². The second kappa shape index (κ2) is 4.48. The highest BCUT2D eigenvalue weighted by Crippen LogP contribution is 2.68. The molecule has 1 saturated carbocycles. The zero-order valence-electron chi connectivity index (χ0n) is 12.2. The van der Waals surface area contributed by atoms with Crippen molar-refractivity contribution in [1.29, 1.82) is 5.26 Å². The number of nitrogens with zero attached hydrogens (tertiary/aromatic N) is 2. The Hall–Kier alpha value is -2.09. The lowest BCUT2D eigenvalue weighted by Gasteiger charge is -2.09. The van der Waals surface area contributed by atoms with Crippen molar-refractivity contribution < 1.29 is 4.92 Å². The molecule has 0 atom stereocenters. The van der Waals surface area contributed by atoms with E-state index >= 15 is 0 Å². The van der Waals surface area contributed by atoms with Crippen molar-refractivity contribution in [2.75, 3.05) is 11.9 Å². The van der Waals surface area contributed by atoms with Crippen molar-refractivity contribution >= 4 is 11.4 Å². The molecule has 106 valence electrons. The van der Waals surface area contributed by atoms with Crippen molar-refractivity contribution in [3.63, 3.8) is 0 Å². The molecule has 1 aliphatic carbocycles. The third-order valence-corrected chi connectivity index (χ3v) is 5.15. The van der Waals surface area contributed by atoms with E-state index in [1.807, 2.05) is 6.07 Å². The second-order valence-electron chi connectivity index (χ2n) is 6.48. The first-order valence-corrected chi connectivity index (χ1v) is 6.64. The number of nitro benzene ring substituents is 1. The average molecular weight is 273 g/mol. The van der Waals surface area contributed by atoms with Crippen LogP contribution in [0.25, 0.3) is 0 Å². The van der Waals surface area contributed by atoms with Crippen LogP contribution in [0.15, 0.2) is 18.2 Å². The average Bonchev–Trinajstić information content (AvgIpc) is 2.76. The number of nitriles is 1. The van der Waals surface area contributed by atoms with Gasteiger partial charge in [0, 0.05) is 18.7 Å². The molecule has 5 nitrogen and oxygen atoms in total. The Kier molecular flexibility index (Phi) is 3.21. The van der Waals surface area contributed by atoms with Crippen LogP contribution in [-0.4, -0.2) is 11.5 Å². The van der Waals surface area contributed by atoms with Gasteiger partial charge in [0.2, 0.25) is 0 Å². The Balaban J connectivity index is 2.12. The van der Waals surface area contributed by atoms with Crippen LogP contribution in [0, 0.1) is 38.2 Å². The largest absolute Gasteiger partial charge is 0.384 e. The molecule has 1 aromatic carbocycles. The normalized spacial score (nSPS) is 19.1. The van der Waals surface area contributed by atoms with Crippen molar-refractivity contribution in [2.24, 2.45) is 16.7 Å². The van der Waals surface area contributed by atoms with Crippen LogP contribution in [-0.2, 0) is 0 Å². The van der Waals surface area contributed by atoms with Gasteiger partial charge in [0.1, 0.15) is 6.07 Å². The number of nitrogens with one attached hydrogen (secondary N) is 1. The molecule has 0 spiro atoms. The van der Waals surface area contributed by atoms with Gasteiger partial charge in [0.25, 0.3) is 5.69 Å². The number of anilines is 1. The Morgan fingerprint density at radius 1 is 1.35 bits per heavy atom. The van der Waals surface area contributed by atoms with Crippen molar-refractivity contribution in [3.8, 4) is 6.07 Å². The maximum Gasteiger partial charge on any atom is 0.270 e. The first-order chi connectivity index (χ1) is 9.21. The van der Waals surface area contributed by atoms with E-state index < -0.39 is 4.92 Å². The summed E-state index contributed by atoms with van der Waals surface area (Å²) in [5, 5.41) is 23.1. The summed E-state index contributed by atoms with van der Waals surface area (Å²) in [5.74, 6) is 0.525. The third kappa shape index (κ3) is 2.11. The molecule has 0 aliphatic heterocycles. The maximum atomic E-state index is 10.7. The minimum Gasteiger partial charge on any atom is -0.384 e. The van der Waals surface area contributed by atoms with E-state index in [0.29, 0.717) is 17.2 Å². The van der Waals surface area contributed by atoms with Crippen LogP contribution in [0.3, 0.4) is 0 Å². The minimum atomic E-state index is -0.488. The van der Waals surface area contributed by atoms with Crippen LogP contribution < -0.4 is 5.32 Å². The molecule has 0 amide bonds. The fourth-order valence-electron chi connectivity index (χ4n) is 2.95. The fraction of sp³-hybridized carbons (Fsp3) is 0.533. The first kappa shape index (κ1) is 14.3. The molecular formula is C15H19N3O2. The van der Waals surface area contributed by atoms with Gasteiger partial charge in [0.15, 0.2) is 0 Å². The minimum absolute atomic E-state index is 0.0563. The van der Waals surface area contributed by atoms with Crippen LogP contribution >= 0.6 is 0 Å². The zero-order chi connectivity index (χ0) is 15.1. The molecule has 0 radical (unpaired) electrons. The molecule has 0 aromatic heterocycles. The SMILES string of the molecule is CC1(C)C(CNc2ccc([N+](=O)[O-])cc2C#N)C1(C)C. The molecule has 5 heteroatoms. The van der Waals surface area contributed by atoms with Gasteiger partial charge < -0.3 is 5.32 Å². The predicted molar refractivity (Wildman–Crippen MR) is 77.4 cm³/mol. The molecule has 0 unspecified atom stereocenters. The molecule has 2 rings (SSSR count). The maximum absolute atomic E-state index is 10.7. The van der Waals surface area contributed by atoms with Gasteiger partial charge >= 0.3 is 0 Å². The molecular weight excluding hydrogens is 254 g/mol. The summed E-state index contributed by atoms with van der Waals surface area (Å²) in [5.41, 5.74) is 1.47. The van der Waals surface area contributed by atoms with Crippen LogP contribution in [0.2, 0.25) is 0 Å². The van der Waals surface area contributed by atoms with E-state index in [1.165, 1.54) is 12.1 Å². The van der Waals surface area contributed by atoms with E-state index in [1.54, 1.807) is 6.07 Å². The van der Waals surface area contributed by atoms with E-state index in [0.717, 1.165) is 6.54 Å². The highest BCUT2D eigenvalue weighted by molar-refractivity contribution is 5.61. The Labute approximate surface area is 118 Å². The first-order valence-electron chi connectivity index (χ1n) is 6.64. The van der Waals surface area contributed by atoms with Crippen molar-refractivity contribution in [3.05, 3.63) is 33.9 Å². The molecule has 20 heavy (non-hydrogen) atoms. The van der Waals surface area contributed by atoms with Gasteiger partial charge in [-0.15, -0.1) is 0 Å². The van der Waals surface area contributed by atoms with E-state index in [4.69, 9.17) is 5.26 Å². The van der Waals surface area contributed by atoms with Crippen LogP contribution in [0.1, 0.15) is 33.3 Å². The Morgan fingerprint density at radius 2 is 1.95 bits per heavy atom. The summed E-state index contributed by atoms with van der Waals surface area (Å²) in [7, 11) is 0. The lowest BCUT2D eigenvalue weighted by Crippen LogP contribution is -2.09. The van der Waals surface area contributed by atoms with Gasteiger partial charge in [-0.05, 0) is 22.8 Å². The van der Waals surface area contributed by atoms with E-state index in [9.17, 15) is 10.1 Å². The summed E-state index contributed by atoms with van der Waals surface area (Å²) in [6, 6.07) is 6.35. The highest BCUT2D eigenvalue weighted by Gasteiger charge is 2.64. The van der Waals surface area contributed by atoms with Crippen LogP contribution in [0.5, 0.6) is 0 Å².